The molecule has 0 spiro atoms. The summed E-state index contributed by atoms with van der Waals surface area (Å²) in [6, 6.07) is 26.6. The summed E-state index contributed by atoms with van der Waals surface area (Å²) in [5, 5.41) is 18.7. The van der Waals surface area contributed by atoms with Gasteiger partial charge in [-0.05, 0) is 72.3 Å². The quantitative estimate of drug-likeness (QED) is 0.234. The van der Waals surface area contributed by atoms with E-state index in [1.54, 1.807) is 36.8 Å². The average molecular weight is 543 g/mol. The van der Waals surface area contributed by atoms with Crippen molar-refractivity contribution in [1.82, 2.24) is 24.3 Å². The fourth-order valence-electron chi connectivity index (χ4n) is 4.60. The zero-order chi connectivity index (χ0) is 28.2. The molecule has 3 aromatic carbocycles. The van der Waals surface area contributed by atoms with Crippen LogP contribution in [-0.4, -0.2) is 36.1 Å². The van der Waals surface area contributed by atoms with E-state index >= 15 is 0 Å². The van der Waals surface area contributed by atoms with Crippen LogP contribution in [0.4, 0.5) is 22.9 Å². The maximum atomic E-state index is 12.9. The van der Waals surface area contributed by atoms with Crippen LogP contribution >= 0.6 is 0 Å². The Morgan fingerprint density at radius 3 is 2.22 bits per heavy atom. The summed E-state index contributed by atoms with van der Waals surface area (Å²) in [5.74, 6) is 0.961. The summed E-state index contributed by atoms with van der Waals surface area (Å²) >= 11 is 0. The summed E-state index contributed by atoms with van der Waals surface area (Å²) in [6.07, 6.45) is 7.50. The topological polar surface area (TPSA) is 119 Å². The number of aromatic nitrogens is 5. The molecule has 0 radical (unpaired) electrons. The number of nitrogens with zero attached hydrogens (tertiary/aromatic N) is 5. The maximum absolute atomic E-state index is 12.9. The number of hydrogen-bond donors (Lipinski definition) is 3. The highest BCUT2D eigenvalue weighted by molar-refractivity contribution is 5.96. The zero-order valence-electron chi connectivity index (χ0n) is 22.2. The van der Waals surface area contributed by atoms with Crippen LogP contribution in [0, 0.1) is 0 Å². The van der Waals surface area contributed by atoms with Gasteiger partial charge in [-0.1, -0.05) is 18.2 Å². The van der Waals surface area contributed by atoms with Gasteiger partial charge in [0, 0.05) is 53.7 Å². The Morgan fingerprint density at radius 1 is 0.805 bits per heavy atom. The van der Waals surface area contributed by atoms with Crippen molar-refractivity contribution in [3.63, 3.8) is 0 Å². The Labute approximate surface area is 235 Å². The Balaban J connectivity index is 1.16. The van der Waals surface area contributed by atoms with Gasteiger partial charge in [-0.2, -0.15) is 0 Å². The molecule has 0 fully saturated rings. The van der Waals surface area contributed by atoms with E-state index in [0.29, 0.717) is 23.0 Å². The number of carbonyl (C=O) groups excluding carboxylic acids is 2. The van der Waals surface area contributed by atoms with Gasteiger partial charge in [-0.25, -0.2) is 4.98 Å². The largest absolute Gasteiger partial charge is 0.339 e. The van der Waals surface area contributed by atoms with Crippen molar-refractivity contribution in [3.8, 4) is 11.5 Å². The summed E-state index contributed by atoms with van der Waals surface area (Å²) in [6.45, 7) is 1.45. The van der Waals surface area contributed by atoms with E-state index < -0.39 is 0 Å². The third-order valence-electron chi connectivity index (χ3n) is 6.47. The average Bonchev–Trinajstić information content (AvgIpc) is 3.64. The lowest BCUT2D eigenvalue weighted by Crippen LogP contribution is -2.14. The first-order chi connectivity index (χ1) is 20.0. The monoisotopic (exact) mass is 542 g/mol. The summed E-state index contributed by atoms with van der Waals surface area (Å²) in [4.78, 5) is 28.2. The van der Waals surface area contributed by atoms with E-state index in [0.717, 1.165) is 27.8 Å². The summed E-state index contributed by atoms with van der Waals surface area (Å²) in [5.41, 5.74) is 5.02. The van der Waals surface area contributed by atoms with Crippen LogP contribution in [0.1, 0.15) is 12.5 Å². The molecule has 10 heteroatoms. The van der Waals surface area contributed by atoms with Crippen LogP contribution < -0.4 is 16.0 Å². The number of carbonyl (C=O) groups is 2. The van der Waals surface area contributed by atoms with Gasteiger partial charge in [-0.3, -0.25) is 14.2 Å². The van der Waals surface area contributed by atoms with E-state index in [-0.39, 0.29) is 18.2 Å². The molecule has 41 heavy (non-hydrogen) atoms. The molecule has 3 heterocycles. The van der Waals surface area contributed by atoms with Crippen molar-refractivity contribution < 1.29 is 9.59 Å². The van der Waals surface area contributed by atoms with Crippen LogP contribution in [0.25, 0.3) is 22.4 Å². The molecule has 0 saturated carbocycles. The number of fused-ring (bicyclic) bond motifs is 1. The lowest BCUT2D eigenvalue weighted by Gasteiger charge is -2.08. The summed E-state index contributed by atoms with van der Waals surface area (Å²) in [7, 11) is 0. The zero-order valence-corrected chi connectivity index (χ0v) is 22.2. The van der Waals surface area contributed by atoms with Crippen molar-refractivity contribution in [2.24, 2.45) is 0 Å². The minimum atomic E-state index is -0.148. The fourth-order valence-corrected chi connectivity index (χ4v) is 4.60. The van der Waals surface area contributed by atoms with Crippen LogP contribution in [0.2, 0.25) is 0 Å². The molecule has 0 aliphatic carbocycles. The number of imidazole rings is 1. The first-order valence-electron chi connectivity index (χ1n) is 13.0. The SMILES string of the molecule is CC(=O)Nc1ccc(NC(=O)Cc2cn(-c3ccc(Nc4ccc(-n5ccnc5)cc4)nn3)c3ccccc23)cc1. The third-order valence-corrected chi connectivity index (χ3v) is 6.47. The van der Waals surface area contributed by atoms with Crippen molar-refractivity contribution in [3.05, 3.63) is 115 Å². The molecule has 0 aliphatic heterocycles. The highest BCUT2D eigenvalue weighted by Gasteiger charge is 2.14. The van der Waals surface area contributed by atoms with Gasteiger partial charge in [0.15, 0.2) is 11.6 Å². The van der Waals surface area contributed by atoms with Crippen molar-refractivity contribution in [2.75, 3.05) is 16.0 Å². The number of benzene rings is 3. The molecule has 0 aliphatic rings. The molecular formula is C31H26N8O2. The van der Waals surface area contributed by atoms with Gasteiger partial charge in [0.1, 0.15) is 0 Å². The van der Waals surface area contributed by atoms with Gasteiger partial charge >= 0.3 is 0 Å². The second kappa shape index (κ2) is 11.1. The van der Waals surface area contributed by atoms with Gasteiger partial charge < -0.3 is 20.5 Å². The van der Waals surface area contributed by atoms with E-state index in [9.17, 15) is 9.59 Å². The molecule has 202 valence electrons. The molecule has 6 rings (SSSR count). The third kappa shape index (κ3) is 5.81. The Morgan fingerprint density at radius 2 is 1.54 bits per heavy atom. The lowest BCUT2D eigenvalue weighted by molar-refractivity contribution is -0.116. The molecule has 10 nitrogen and oxygen atoms in total. The molecule has 3 aromatic heterocycles. The molecule has 0 saturated heterocycles. The predicted octanol–water partition coefficient (Wildman–Crippen LogP) is 5.49. The molecular weight excluding hydrogens is 516 g/mol. The molecule has 2 amide bonds. The molecule has 0 atom stereocenters. The summed E-state index contributed by atoms with van der Waals surface area (Å²) < 4.78 is 3.88. The van der Waals surface area contributed by atoms with Gasteiger partial charge in [0.05, 0.1) is 18.3 Å². The Bertz CT molecular complexity index is 1810. The Kier molecular flexibility index (Phi) is 6.93. The van der Waals surface area contributed by atoms with Crippen LogP contribution in [0.5, 0.6) is 0 Å². The van der Waals surface area contributed by atoms with Gasteiger partial charge in [-0.15, -0.1) is 10.2 Å². The van der Waals surface area contributed by atoms with E-state index in [1.165, 1.54) is 6.92 Å². The number of hydrogen-bond acceptors (Lipinski definition) is 6. The smallest absolute Gasteiger partial charge is 0.228 e. The normalized spacial score (nSPS) is 10.9. The molecule has 0 bridgehead atoms. The second-order valence-electron chi connectivity index (χ2n) is 9.44. The van der Waals surface area contributed by atoms with Gasteiger partial charge in [0.2, 0.25) is 11.8 Å². The molecule has 0 unspecified atom stereocenters. The van der Waals surface area contributed by atoms with E-state index in [2.05, 4.69) is 31.1 Å². The van der Waals surface area contributed by atoms with Crippen molar-refractivity contribution >= 4 is 45.6 Å². The molecule has 3 N–H and O–H groups in total. The highest BCUT2D eigenvalue weighted by atomic mass is 16.2. The number of rotatable bonds is 8. The number of amides is 2. The predicted molar refractivity (Wildman–Crippen MR) is 159 cm³/mol. The lowest BCUT2D eigenvalue weighted by atomic mass is 10.1. The van der Waals surface area contributed by atoms with Crippen LogP contribution in [0.15, 0.2) is 110 Å². The first kappa shape index (κ1) is 25.5. The second-order valence-corrected chi connectivity index (χ2v) is 9.44. The molecule has 6 aromatic rings. The standard InChI is InChI=1S/C31H26N8O2/c1-21(40)33-23-6-8-25(9-7-23)35-31(41)18-22-19-39(28-5-3-2-4-27(22)28)30-15-14-29(36-37-30)34-24-10-12-26(13-11-24)38-17-16-32-20-38/h2-17,19-20H,18H2,1H3,(H,33,40)(H,34,36)(H,35,41). The number of nitrogens with one attached hydrogen (secondary N) is 3. The number of para-hydroxylation sites is 1. The van der Waals surface area contributed by atoms with Crippen LogP contribution in [0.3, 0.4) is 0 Å². The maximum Gasteiger partial charge on any atom is 0.228 e. The van der Waals surface area contributed by atoms with E-state index in [4.69, 9.17) is 0 Å². The fraction of sp³-hybridized carbons (Fsp3) is 0.0645. The minimum Gasteiger partial charge on any atom is -0.339 e. The van der Waals surface area contributed by atoms with Crippen molar-refractivity contribution in [1.29, 1.82) is 0 Å². The van der Waals surface area contributed by atoms with E-state index in [1.807, 2.05) is 82.2 Å². The first-order valence-corrected chi connectivity index (χ1v) is 13.0. The number of anilines is 4. The Hall–Kier alpha value is -5.77. The van der Waals surface area contributed by atoms with Crippen LogP contribution in [-0.2, 0) is 16.0 Å². The van der Waals surface area contributed by atoms with Crippen molar-refractivity contribution in [2.45, 2.75) is 13.3 Å². The minimum absolute atomic E-state index is 0.148. The highest BCUT2D eigenvalue weighted by Crippen LogP contribution is 2.26. The van der Waals surface area contributed by atoms with Gasteiger partial charge in [0.25, 0.3) is 0 Å².